The van der Waals surface area contributed by atoms with Gasteiger partial charge in [0.25, 0.3) is 11.5 Å². The molecule has 0 fully saturated rings. The molecule has 0 amide bonds. The molecule has 20 heavy (non-hydrogen) atoms. The van der Waals surface area contributed by atoms with Gasteiger partial charge in [0.15, 0.2) is 0 Å². The Balaban J connectivity index is 2.19. The van der Waals surface area contributed by atoms with Crippen molar-refractivity contribution in [1.29, 1.82) is 0 Å². The van der Waals surface area contributed by atoms with Crippen LogP contribution < -0.4 is 4.74 Å². The van der Waals surface area contributed by atoms with Crippen LogP contribution in [0.3, 0.4) is 0 Å². The number of nitrogens with zero attached hydrogens (tertiary/aromatic N) is 1. The van der Waals surface area contributed by atoms with Gasteiger partial charge in [0.1, 0.15) is 17.1 Å². The number of carbonyl (C=O) groups excluding carboxylic acids is 1. The monoisotopic (exact) mass is 271 g/mol. The maximum absolute atomic E-state index is 13.8. The highest BCUT2D eigenvalue weighted by Crippen LogP contribution is 2.31. The fraction of sp³-hybridized carbons (Fsp3) is 0.0667. The third-order valence-corrected chi connectivity index (χ3v) is 3.21. The molecule has 0 saturated carbocycles. The van der Waals surface area contributed by atoms with E-state index in [-0.39, 0.29) is 22.5 Å². The fourth-order valence-electron chi connectivity index (χ4n) is 2.23. The molecule has 3 rings (SSSR count). The summed E-state index contributed by atoms with van der Waals surface area (Å²) in [7, 11) is 1.47. The zero-order chi connectivity index (χ0) is 14.3. The van der Waals surface area contributed by atoms with Gasteiger partial charge in [-0.05, 0) is 24.3 Å². The molecule has 0 bridgehead atoms. The normalized spacial score (nSPS) is 13.6. The number of hydrogen-bond donors (Lipinski definition) is 0. The molecule has 1 heterocycles. The third-order valence-electron chi connectivity index (χ3n) is 3.21. The Hall–Kier alpha value is -2.69. The van der Waals surface area contributed by atoms with E-state index in [0.29, 0.717) is 10.5 Å². The van der Waals surface area contributed by atoms with Crippen LogP contribution in [0.15, 0.2) is 42.5 Å². The minimum Gasteiger partial charge on any atom is -0.618 e. The predicted octanol–water partition coefficient (Wildman–Crippen LogP) is 2.66. The van der Waals surface area contributed by atoms with E-state index in [0.717, 1.165) is 0 Å². The van der Waals surface area contributed by atoms with Crippen LogP contribution >= 0.6 is 0 Å². The minimum absolute atomic E-state index is 0.00247. The van der Waals surface area contributed by atoms with Crippen LogP contribution in [0.4, 0.5) is 10.1 Å². The number of benzene rings is 2. The molecule has 2 aromatic rings. The molecule has 0 spiro atoms. The highest BCUT2D eigenvalue weighted by molar-refractivity contribution is 6.52. The molecule has 0 atom stereocenters. The summed E-state index contributed by atoms with van der Waals surface area (Å²) in [6.45, 7) is 0. The molecular weight excluding hydrogens is 261 g/mol. The van der Waals surface area contributed by atoms with Gasteiger partial charge in [0.05, 0.1) is 12.7 Å². The Morgan fingerprint density at radius 1 is 1.15 bits per heavy atom. The maximum atomic E-state index is 13.8. The molecule has 0 aromatic heterocycles. The first-order valence-electron chi connectivity index (χ1n) is 5.95. The van der Waals surface area contributed by atoms with Crippen molar-refractivity contribution in [3.8, 4) is 5.75 Å². The summed E-state index contributed by atoms with van der Waals surface area (Å²) in [5.41, 5.74) is 0.223. The van der Waals surface area contributed by atoms with Crippen molar-refractivity contribution in [2.24, 2.45) is 0 Å². The molecule has 2 aromatic carbocycles. The Morgan fingerprint density at radius 2 is 1.90 bits per heavy atom. The number of carbonyl (C=O) groups is 1. The van der Waals surface area contributed by atoms with Crippen molar-refractivity contribution >= 4 is 17.2 Å². The van der Waals surface area contributed by atoms with E-state index in [1.165, 1.54) is 37.4 Å². The second-order valence-electron chi connectivity index (χ2n) is 4.34. The molecule has 100 valence electrons. The number of Topliss-reactive ketones (excluding diaryl/α,β-unsaturated/α-hetero) is 1. The summed E-state index contributed by atoms with van der Waals surface area (Å²) >= 11 is 0. The minimum atomic E-state index is -0.600. The van der Waals surface area contributed by atoms with Gasteiger partial charge in [-0.3, -0.25) is 4.79 Å². The fourth-order valence-corrected chi connectivity index (χ4v) is 2.23. The largest absolute Gasteiger partial charge is 0.618 e. The van der Waals surface area contributed by atoms with Crippen molar-refractivity contribution in [2.75, 3.05) is 7.11 Å². The Kier molecular flexibility index (Phi) is 2.75. The lowest BCUT2D eigenvalue weighted by Gasteiger charge is -2.03. The summed E-state index contributed by atoms with van der Waals surface area (Å²) in [5.74, 6) is -0.629. The van der Waals surface area contributed by atoms with Crippen LogP contribution in [0.2, 0.25) is 0 Å². The maximum Gasteiger partial charge on any atom is 0.275 e. The van der Waals surface area contributed by atoms with E-state index >= 15 is 0 Å². The molecule has 0 radical (unpaired) electrons. The second kappa shape index (κ2) is 4.45. The smallest absolute Gasteiger partial charge is 0.275 e. The lowest BCUT2D eigenvalue weighted by atomic mass is 10.0. The first-order valence-corrected chi connectivity index (χ1v) is 5.95. The number of ether oxygens (including phenoxy) is 1. The van der Waals surface area contributed by atoms with Gasteiger partial charge in [-0.2, -0.15) is 4.74 Å². The third kappa shape index (κ3) is 1.67. The van der Waals surface area contributed by atoms with Crippen molar-refractivity contribution in [1.82, 2.24) is 0 Å². The van der Waals surface area contributed by atoms with Crippen LogP contribution in [0.1, 0.15) is 15.9 Å². The number of hydrogen-bond acceptors (Lipinski definition) is 3. The highest BCUT2D eigenvalue weighted by atomic mass is 19.1. The number of rotatable bonds is 2. The average molecular weight is 271 g/mol. The number of fused-ring (bicyclic) bond motifs is 1. The quantitative estimate of drug-likeness (QED) is 0.623. The Morgan fingerprint density at radius 3 is 2.60 bits per heavy atom. The summed E-state index contributed by atoms with van der Waals surface area (Å²) < 4.78 is 19.3. The summed E-state index contributed by atoms with van der Waals surface area (Å²) in [4.78, 5) is 12.3. The second-order valence-corrected chi connectivity index (χ2v) is 4.34. The van der Waals surface area contributed by atoms with E-state index in [9.17, 15) is 14.4 Å². The van der Waals surface area contributed by atoms with Gasteiger partial charge in [-0.25, -0.2) is 4.39 Å². The van der Waals surface area contributed by atoms with E-state index in [1.807, 2.05) is 0 Å². The van der Waals surface area contributed by atoms with Crippen LogP contribution in [-0.4, -0.2) is 23.3 Å². The molecular formula is C15H10FNO3. The lowest BCUT2D eigenvalue weighted by Crippen LogP contribution is -2.18. The van der Waals surface area contributed by atoms with Gasteiger partial charge in [0.2, 0.25) is 5.69 Å². The van der Waals surface area contributed by atoms with Gasteiger partial charge in [0, 0.05) is 6.07 Å². The zero-order valence-electron chi connectivity index (χ0n) is 10.6. The van der Waals surface area contributed by atoms with Crippen molar-refractivity contribution in [2.45, 2.75) is 0 Å². The topological polar surface area (TPSA) is 52.4 Å². The molecule has 0 N–H and O–H groups in total. The molecule has 5 heteroatoms. The van der Waals surface area contributed by atoms with Crippen LogP contribution in [0.5, 0.6) is 5.75 Å². The zero-order valence-corrected chi connectivity index (χ0v) is 10.6. The summed E-state index contributed by atoms with van der Waals surface area (Å²) in [6, 6.07) is 10.3. The van der Waals surface area contributed by atoms with Crippen LogP contribution in [0.25, 0.3) is 0 Å². The summed E-state index contributed by atoms with van der Waals surface area (Å²) in [5, 5.41) is 12.2. The van der Waals surface area contributed by atoms with Crippen molar-refractivity contribution in [3.05, 3.63) is 64.6 Å². The first-order chi connectivity index (χ1) is 9.63. The van der Waals surface area contributed by atoms with Gasteiger partial charge in [-0.15, -0.1) is 0 Å². The lowest BCUT2D eigenvalue weighted by molar-refractivity contribution is -0.355. The Labute approximate surface area is 114 Å². The average Bonchev–Trinajstić information content (AvgIpc) is 2.71. The number of halogens is 1. The van der Waals surface area contributed by atoms with Gasteiger partial charge < -0.3 is 9.94 Å². The van der Waals surface area contributed by atoms with Gasteiger partial charge in [-0.1, -0.05) is 12.1 Å². The highest BCUT2D eigenvalue weighted by Gasteiger charge is 2.38. The standard InChI is InChI=1S/C15H10FNO3/c1-20-9-6-7-13-11(8-9)15(18)14(17(13)19)10-4-2-3-5-12(10)16/h2-8H,1H3. The molecule has 0 saturated heterocycles. The molecule has 1 aliphatic heterocycles. The van der Waals surface area contributed by atoms with Crippen LogP contribution in [0, 0.1) is 11.0 Å². The van der Waals surface area contributed by atoms with E-state index in [4.69, 9.17) is 4.74 Å². The van der Waals surface area contributed by atoms with E-state index in [2.05, 4.69) is 0 Å². The Bertz CT molecular complexity index is 753. The van der Waals surface area contributed by atoms with Crippen molar-refractivity contribution < 1.29 is 18.7 Å². The molecule has 0 unspecified atom stereocenters. The molecule has 1 aliphatic rings. The van der Waals surface area contributed by atoms with Gasteiger partial charge >= 0.3 is 0 Å². The predicted molar refractivity (Wildman–Crippen MR) is 71.1 cm³/mol. The molecule has 4 nitrogen and oxygen atoms in total. The van der Waals surface area contributed by atoms with E-state index in [1.54, 1.807) is 12.1 Å². The van der Waals surface area contributed by atoms with Crippen LogP contribution in [-0.2, 0) is 0 Å². The first kappa shape index (κ1) is 12.3. The number of ketones is 1. The number of methoxy groups -OCH3 is 1. The summed E-state index contributed by atoms with van der Waals surface area (Å²) in [6.07, 6.45) is 0. The SMILES string of the molecule is COc1ccc2c(c1)C(=O)C(c1ccccc1F)=[N+]2[O-]. The van der Waals surface area contributed by atoms with E-state index < -0.39 is 11.6 Å². The molecule has 0 aliphatic carbocycles. The van der Waals surface area contributed by atoms with Crippen molar-refractivity contribution in [3.63, 3.8) is 0 Å².